The molecule has 3 rings (SSSR count). The van der Waals surface area contributed by atoms with Crippen LogP contribution in [-0.4, -0.2) is 5.71 Å². The molecule has 0 unspecified atom stereocenters. The third-order valence-electron chi connectivity index (χ3n) is 2.80. The van der Waals surface area contributed by atoms with Gasteiger partial charge in [-0.2, -0.15) is 5.10 Å². The zero-order valence-electron chi connectivity index (χ0n) is 9.60. The molecule has 3 heteroatoms. The first kappa shape index (κ1) is 11.2. The van der Waals surface area contributed by atoms with E-state index in [1.165, 1.54) is 0 Å². The summed E-state index contributed by atoms with van der Waals surface area (Å²) >= 11 is 3.60. The van der Waals surface area contributed by atoms with Gasteiger partial charge in [-0.1, -0.05) is 48.5 Å². The van der Waals surface area contributed by atoms with E-state index in [0.717, 1.165) is 27.0 Å². The normalized spacial score (nSPS) is 13.8. The van der Waals surface area contributed by atoms with Gasteiger partial charge < -0.3 is 0 Å². The maximum Gasteiger partial charge on any atom is 0.105 e. The summed E-state index contributed by atoms with van der Waals surface area (Å²) in [6, 6.07) is 18.2. The van der Waals surface area contributed by atoms with Gasteiger partial charge in [0.25, 0.3) is 0 Å². The molecule has 2 nitrogen and oxygen atoms in total. The Morgan fingerprint density at radius 1 is 0.889 bits per heavy atom. The molecule has 2 aromatic carbocycles. The first-order valence-corrected chi connectivity index (χ1v) is 6.49. The Bertz CT molecular complexity index is 630. The number of para-hydroxylation sites is 1. The predicted molar refractivity (Wildman–Crippen MR) is 79.9 cm³/mol. The quantitative estimate of drug-likeness (QED) is 0.836. The summed E-state index contributed by atoms with van der Waals surface area (Å²) in [5.74, 6) is 0. The van der Waals surface area contributed by atoms with Crippen LogP contribution in [0.25, 0.3) is 6.08 Å². The van der Waals surface area contributed by atoms with Gasteiger partial charge in [0.1, 0.15) is 5.71 Å². The summed E-state index contributed by atoms with van der Waals surface area (Å²) in [5.41, 5.74) is 7.24. The van der Waals surface area contributed by atoms with Gasteiger partial charge in [0, 0.05) is 15.6 Å². The minimum absolute atomic E-state index is 0.909. The fraction of sp³-hybridized carbons (Fsp3) is 0. The second-order valence-corrected chi connectivity index (χ2v) is 4.87. The Labute approximate surface area is 114 Å². The maximum atomic E-state index is 4.47. The van der Waals surface area contributed by atoms with Crippen LogP contribution in [0, 0.1) is 0 Å². The SMILES string of the molecule is BrC1=Cc2ccccc2NN=C1c1ccccc1. The molecule has 1 aliphatic heterocycles. The van der Waals surface area contributed by atoms with E-state index >= 15 is 0 Å². The van der Waals surface area contributed by atoms with Crippen molar-refractivity contribution in [2.24, 2.45) is 5.10 Å². The number of fused-ring (bicyclic) bond motifs is 1. The molecular formula is C15H11BrN2. The molecule has 0 bridgehead atoms. The number of halogens is 1. The summed E-state index contributed by atoms with van der Waals surface area (Å²) in [4.78, 5) is 0. The standard InChI is InChI=1S/C15H11BrN2/c16-13-10-12-8-4-5-9-14(12)17-18-15(13)11-6-2-1-3-7-11/h1-10,17H. The number of hydrazone groups is 1. The topological polar surface area (TPSA) is 24.4 Å². The number of anilines is 1. The molecule has 0 aliphatic carbocycles. The van der Waals surface area contributed by atoms with Crippen molar-refractivity contribution < 1.29 is 0 Å². The monoisotopic (exact) mass is 298 g/mol. The first-order chi connectivity index (χ1) is 8.84. The number of benzene rings is 2. The Kier molecular flexibility index (Phi) is 2.99. The maximum absolute atomic E-state index is 4.47. The van der Waals surface area contributed by atoms with Crippen LogP contribution in [-0.2, 0) is 0 Å². The van der Waals surface area contributed by atoms with Crippen LogP contribution in [0.3, 0.4) is 0 Å². The molecule has 0 amide bonds. The number of nitrogens with zero attached hydrogens (tertiary/aromatic N) is 1. The van der Waals surface area contributed by atoms with E-state index in [-0.39, 0.29) is 0 Å². The first-order valence-electron chi connectivity index (χ1n) is 5.70. The van der Waals surface area contributed by atoms with Crippen molar-refractivity contribution in [3.05, 3.63) is 70.2 Å². The minimum Gasteiger partial charge on any atom is -0.277 e. The van der Waals surface area contributed by atoms with Crippen LogP contribution < -0.4 is 5.43 Å². The van der Waals surface area contributed by atoms with Crippen molar-refractivity contribution in [2.45, 2.75) is 0 Å². The Hall–Kier alpha value is -1.87. The van der Waals surface area contributed by atoms with Gasteiger partial charge in [0.2, 0.25) is 0 Å². The Morgan fingerprint density at radius 2 is 1.61 bits per heavy atom. The lowest BCUT2D eigenvalue weighted by atomic mass is 10.1. The average Bonchev–Trinajstić information content (AvgIpc) is 2.58. The predicted octanol–water partition coefficient (Wildman–Crippen LogP) is 4.25. The second-order valence-electron chi connectivity index (χ2n) is 4.02. The molecule has 0 saturated carbocycles. The molecular weight excluding hydrogens is 288 g/mol. The summed E-state index contributed by atoms with van der Waals surface area (Å²) < 4.78 is 0.978. The third kappa shape index (κ3) is 2.09. The van der Waals surface area contributed by atoms with Crippen molar-refractivity contribution >= 4 is 33.4 Å². The van der Waals surface area contributed by atoms with E-state index in [4.69, 9.17) is 0 Å². The fourth-order valence-electron chi connectivity index (χ4n) is 1.90. The highest BCUT2D eigenvalue weighted by Gasteiger charge is 2.12. The van der Waals surface area contributed by atoms with E-state index in [9.17, 15) is 0 Å². The molecule has 18 heavy (non-hydrogen) atoms. The van der Waals surface area contributed by atoms with Gasteiger partial charge in [-0.3, -0.25) is 5.43 Å². The van der Waals surface area contributed by atoms with Gasteiger partial charge in [-0.15, -0.1) is 0 Å². The number of hydrogen-bond acceptors (Lipinski definition) is 2. The summed E-state index contributed by atoms with van der Waals surface area (Å²) in [5, 5.41) is 4.47. The highest BCUT2D eigenvalue weighted by molar-refractivity contribution is 9.12. The number of hydrogen-bond donors (Lipinski definition) is 1. The molecule has 1 aliphatic rings. The minimum atomic E-state index is 0.909. The van der Waals surface area contributed by atoms with Crippen LogP contribution in [0.4, 0.5) is 5.69 Å². The Balaban J connectivity index is 2.08. The van der Waals surface area contributed by atoms with Crippen molar-refractivity contribution in [1.29, 1.82) is 0 Å². The molecule has 0 saturated heterocycles. The van der Waals surface area contributed by atoms with Gasteiger partial charge in [0.05, 0.1) is 5.69 Å². The molecule has 0 aromatic heterocycles. The van der Waals surface area contributed by atoms with Gasteiger partial charge >= 0.3 is 0 Å². The highest BCUT2D eigenvalue weighted by atomic mass is 79.9. The number of allylic oxidation sites excluding steroid dienone is 1. The Morgan fingerprint density at radius 3 is 2.44 bits per heavy atom. The van der Waals surface area contributed by atoms with Gasteiger partial charge in [0.15, 0.2) is 0 Å². The molecule has 1 heterocycles. The van der Waals surface area contributed by atoms with Crippen LogP contribution in [0.15, 0.2) is 64.2 Å². The lowest BCUT2D eigenvalue weighted by molar-refractivity contribution is 1.34. The van der Waals surface area contributed by atoms with Crippen molar-refractivity contribution in [3.8, 4) is 0 Å². The van der Waals surface area contributed by atoms with E-state index in [1.54, 1.807) is 0 Å². The summed E-state index contributed by atoms with van der Waals surface area (Å²) in [6.07, 6.45) is 2.08. The molecule has 1 N–H and O–H groups in total. The second kappa shape index (κ2) is 4.78. The van der Waals surface area contributed by atoms with E-state index in [0.29, 0.717) is 0 Å². The highest BCUT2D eigenvalue weighted by Crippen LogP contribution is 2.26. The van der Waals surface area contributed by atoms with Crippen LogP contribution >= 0.6 is 15.9 Å². The average molecular weight is 299 g/mol. The zero-order valence-corrected chi connectivity index (χ0v) is 11.2. The van der Waals surface area contributed by atoms with Crippen molar-refractivity contribution in [2.75, 3.05) is 5.43 Å². The molecule has 0 fully saturated rings. The summed E-state index contributed by atoms with van der Waals surface area (Å²) in [6.45, 7) is 0. The molecule has 0 spiro atoms. The van der Waals surface area contributed by atoms with Crippen LogP contribution in [0.5, 0.6) is 0 Å². The summed E-state index contributed by atoms with van der Waals surface area (Å²) in [7, 11) is 0. The third-order valence-corrected chi connectivity index (χ3v) is 3.41. The lowest BCUT2D eigenvalue weighted by Crippen LogP contribution is -2.02. The zero-order chi connectivity index (χ0) is 12.4. The van der Waals surface area contributed by atoms with Crippen LogP contribution in [0.1, 0.15) is 11.1 Å². The number of nitrogens with one attached hydrogen (secondary N) is 1. The molecule has 2 aromatic rings. The van der Waals surface area contributed by atoms with E-state index < -0.39 is 0 Å². The largest absolute Gasteiger partial charge is 0.277 e. The molecule has 0 atom stereocenters. The van der Waals surface area contributed by atoms with Gasteiger partial charge in [-0.05, 0) is 28.1 Å². The van der Waals surface area contributed by atoms with Crippen LogP contribution in [0.2, 0.25) is 0 Å². The molecule has 0 radical (unpaired) electrons. The van der Waals surface area contributed by atoms with E-state index in [2.05, 4.69) is 38.6 Å². The number of rotatable bonds is 1. The lowest BCUT2D eigenvalue weighted by Gasteiger charge is -2.04. The fourth-order valence-corrected chi connectivity index (χ4v) is 2.46. The smallest absolute Gasteiger partial charge is 0.105 e. The van der Waals surface area contributed by atoms with Gasteiger partial charge in [-0.25, -0.2) is 0 Å². The molecule has 88 valence electrons. The van der Waals surface area contributed by atoms with Crippen molar-refractivity contribution in [1.82, 2.24) is 0 Å². The van der Waals surface area contributed by atoms with Crippen molar-refractivity contribution in [3.63, 3.8) is 0 Å². The van der Waals surface area contributed by atoms with E-state index in [1.807, 2.05) is 48.5 Å².